The Morgan fingerprint density at radius 1 is 1.27 bits per heavy atom. The summed E-state index contributed by atoms with van der Waals surface area (Å²) in [7, 11) is 0. The number of nitrogens with two attached hydrogens (primary N) is 1. The first kappa shape index (κ1) is 11.2. The Hall–Kier alpha value is -0.280. The molecule has 0 spiro atoms. The Balaban J connectivity index is 2.25. The molecule has 2 rings (SSSR count). The van der Waals surface area contributed by atoms with Crippen LogP contribution in [-0.2, 0) is 0 Å². The van der Waals surface area contributed by atoms with Crippen molar-refractivity contribution < 1.29 is 0 Å². The van der Waals surface area contributed by atoms with Gasteiger partial charge in [0.25, 0.3) is 0 Å². The third-order valence-electron chi connectivity index (χ3n) is 3.01. The van der Waals surface area contributed by atoms with Gasteiger partial charge in [-0.2, -0.15) is 0 Å². The van der Waals surface area contributed by atoms with Crippen LogP contribution in [0.3, 0.4) is 0 Å². The lowest BCUT2D eigenvalue weighted by Gasteiger charge is -2.17. The molecule has 1 aliphatic heterocycles. The maximum absolute atomic E-state index is 6.00. The zero-order valence-corrected chi connectivity index (χ0v) is 9.85. The molecule has 2 unspecified atom stereocenters. The van der Waals surface area contributed by atoms with Crippen LogP contribution >= 0.6 is 23.2 Å². The van der Waals surface area contributed by atoms with Crippen molar-refractivity contribution in [3.8, 4) is 0 Å². The Morgan fingerprint density at radius 3 is 2.73 bits per heavy atom. The minimum Gasteiger partial charge on any atom is -0.330 e. The highest BCUT2D eigenvalue weighted by Gasteiger charge is 2.27. The van der Waals surface area contributed by atoms with Crippen molar-refractivity contribution in [3.05, 3.63) is 33.8 Å². The molecular formula is C11H14Cl2N2. The predicted molar refractivity (Wildman–Crippen MR) is 64.6 cm³/mol. The summed E-state index contributed by atoms with van der Waals surface area (Å²) < 4.78 is 0. The highest BCUT2D eigenvalue weighted by Crippen LogP contribution is 2.31. The van der Waals surface area contributed by atoms with E-state index in [1.165, 1.54) is 5.56 Å². The van der Waals surface area contributed by atoms with Crippen molar-refractivity contribution in [1.29, 1.82) is 0 Å². The summed E-state index contributed by atoms with van der Waals surface area (Å²) in [6, 6.07) is 5.84. The van der Waals surface area contributed by atoms with Gasteiger partial charge in [0.1, 0.15) is 0 Å². The summed E-state index contributed by atoms with van der Waals surface area (Å²) >= 11 is 11.9. The SMILES string of the molecule is NCC1CNCC1c1ccc(Cl)c(Cl)c1. The first-order chi connectivity index (χ1) is 7.22. The molecule has 0 aromatic heterocycles. The second-order valence-electron chi connectivity index (χ2n) is 3.93. The molecule has 1 heterocycles. The van der Waals surface area contributed by atoms with E-state index < -0.39 is 0 Å². The van der Waals surface area contributed by atoms with Crippen molar-refractivity contribution >= 4 is 23.2 Å². The number of rotatable bonds is 2. The lowest BCUT2D eigenvalue weighted by Crippen LogP contribution is -2.21. The second kappa shape index (κ2) is 4.71. The van der Waals surface area contributed by atoms with Crippen LogP contribution in [-0.4, -0.2) is 19.6 Å². The zero-order valence-electron chi connectivity index (χ0n) is 8.34. The second-order valence-corrected chi connectivity index (χ2v) is 4.75. The summed E-state index contributed by atoms with van der Waals surface area (Å²) in [6.45, 7) is 2.67. The zero-order chi connectivity index (χ0) is 10.8. The van der Waals surface area contributed by atoms with Crippen molar-refractivity contribution in [2.45, 2.75) is 5.92 Å². The molecule has 2 nitrogen and oxygen atoms in total. The molecule has 15 heavy (non-hydrogen) atoms. The number of hydrogen-bond donors (Lipinski definition) is 2. The molecule has 0 radical (unpaired) electrons. The van der Waals surface area contributed by atoms with E-state index in [-0.39, 0.29) is 0 Å². The lowest BCUT2D eigenvalue weighted by atomic mass is 9.89. The van der Waals surface area contributed by atoms with Gasteiger partial charge in [0.05, 0.1) is 10.0 Å². The van der Waals surface area contributed by atoms with E-state index in [1.807, 2.05) is 18.2 Å². The highest BCUT2D eigenvalue weighted by atomic mass is 35.5. The molecule has 0 aliphatic carbocycles. The van der Waals surface area contributed by atoms with Gasteiger partial charge >= 0.3 is 0 Å². The Bertz CT molecular complexity index is 354. The van der Waals surface area contributed by atoms with Crippen LogP contribution in [0.5, 0.6) is 0 Å². The number of hydrogen-bond acceptors (Lipinski definition) is 2. The summed E-state index contributed by atoms with van der Waals surface area (Å²) in [6.07, 6.45) is 0. The van der Waals surface area contributed by atoms with Gasteiger partial charge in [-0.25, -0.2) is 0 Å². The lowest BCUT2D eigenvalue weighted by molar-refractivity contribution is 0.531. The third-order valence-corrected chi connectivity index (χ3v) is 3.75. The highest BCUT2D eigenvalue weighted by molar-refractivity contribution is 6.42. The van der Waals surface area contributed by atoms with Crippen molar-refractivity contribution in [3.63, 3.8) is 0 Å². The minimum absolute atomic E-state index is 0.463. The summed E-state index contributed by atoms with van der Waals surface area (Å²) in [5, 5.41) is 4.58. The summed E-state index contributed by atoms with van der Waals surface area (Å²) in [4.78, 5) is 0. The largest absolute Gasteiger partial charge is 0.330 e. The van der Waals surface area contributed by atoms with Crippen LogP contribution in [0.15, 0.2) is 18.2 Å². The van der Waals surface area contributed by atoms with Gasteiger partial charge in [0.2, 0.25) is 0 Å². The first-order valence-electron chi connectivity index (χ1n) is 5.08. The van der Waals surface area contributed by atoms with Gasteiger partial charge in [0, 0.05) is 12.5 Å². The van der Waals surface area contributed by atoms with Crippen molar-refractivity contribution in [2.75, 3.05) is 19.6 Å². The average molecular weight is 245 g/mol. The van der Waals surface area contributed by atoms with E-state index in [4.69, 9.17) is 28.9 Å². The molecule has 2 atom stereocenters. The smallest absolute Gasteiger partial charge is 0.0595 e. The summed E-state index contributed by atoms with van der Waals surface area (Å²) in [5.74, 6) is 0.965. The van der Waals surface area contributed by atoms with Crippen LogP contribution in [0.1, 0.15) is 11.5 Å². The van der Waals surface area contributed by atoms with Gasteiger partial charge < -0.3 is 11.1 Å². The van der Waals surface area contributed by atoms with Gasteiger partial charge in [-0.1, -0.05) is 29.3 Å². The molecule has 1 saturated heterocycles. The van der Waals surface area contributed by atoms with Crippen LogP contribution in [0.25, 0.3) is 0 Å². The molecule has 0 bridgehead atoms. The minimum atomic E-state index is 0.463. The van der Waals surface area contributed by atoms with Crippen molar-refractivity contribution in [1.82, 2.24) is 5.32 Å². The van der Waals surface area contributed by atoms with E-state index in [1.54, 1.807) is 0 Å². The maximum Gasteiger partial charge on any atom is 0.0595 e. The topological polar surface area (TPSA) is 38.0 Å². The van der Waals surface area contributed by atoms with Crippen LogP contribution < -0.4 is 11.1 Å². The quantitative estimate of drug-likeness (QED) is 0.838. The van der Waals surface area contributed by atoms with Gasteiger partial charge in [0.15, 0.2) is 0 Å². The molecule has 1 aliphatic rings. The first-order valence-corrected chi connectivity index (χ1v) is 5.83. The van der Waals surface area contributed by atoms with Gasteiger partial charge in [-0.15, -0.1) is 0 Å². The normalized spacial score (nSPS) is 25.8. The van der Waals surface area contributed by atoms with E-state index in [0.717, 1.165) is 13.1 Å². The average Bonchev–Trinajstić information content (AvgIpc) is 2.70. The fraction of sp³-hybridized carbons (Fsp3) is 0.455. The van der Waals surface area contributed by atoms with E-state index in [2.05, 4.69) is 5.32 Å². The van der Waals surface area contributed by atoms with Gasteiger partial charge in [-0.05, 0) is 36.7 Å². The molecular weight excluding hydrogens is 231 g/mol. The van der Waals surface area contributed by atoms with E-state index in [9.17, 15) is 0 Å². The van der Waals surface area contributed by atoms with E-state index in [0.29, 0.717) is 28.4 Å². The third kappa shape index (κ3) is 2.28. The number of halogens is 2. The molecule has 4 heteroatoms. The van der Waals surface area contributed by atoms with Gasteiger partial charge in [-0.3, -0.25) is 0 Å². The molecule has 0 saturated carbocycles. The molecule has 1 fully saturated rings. The number of nitrogens with one attached hydrogen (secondary N) is 1. The predicted octanol–water partition coefficient (Wildman–Crippen LogP) is 2.26. The van der Waals surface area contributed by atoms with Crippen LogP contribution in [0, 0.1) is 5.92 Å². The Morgan fingerprint density at radius 2 is 2.07 bits per heavy atom. The van der Waals surface area contributed by atoms with Crippen LogP contribution in [0.4, 0.5) is 0 Å². The standard InChI is InChI=1S/C11H14Cl2N2/c12-10-2-1-7(3-11(10)13)9-6-15-5-8(9)4-14/h1-3,8-9,15H,4-6,14H2. The number of benzene rings is 1. The fourth-order valence-electron chi connectivity index (χ4n) is 2.11. The monoisotopic (exact) mass is 244 g/mol. The van der Waals surface area contributed by atoms with Crippen LogP contribution in [0.2, 0.25) is 10.0 Å². The van der Waals surface area contributed by atoms with E-state index >= 15 is 0 Å². The molecule has 3 N–H and O–H groups in total. The van der Waals surface area contributed by atoms with Crippen molar-refractivity contribution in [2.24, 2.45) is 11.7 Å². The summed E-state index contributed by atoms with van der Waals surface area (Å²) in [5.41, 5.74) is 6.96. The molecule has 1 aromatic carbocycles. The molecule has 82 valence electrons. The maximum atomic E-state index is 6.00. The molecule has 1 aromatic rings. The molecule has 0 amide bonds. The fourth-order valence-corrected chi connectivity index (χ4v) is 2.42. The Kier molecular flexibility index (Phi) is 3.52. The Labute approximate surface area is 99.7 Å².